The molecule has 0 spiro atoms. The maximum Gasteiger partial charge on any atom is 0.277 e. The van der Waals surface area contributed by atoms with Gasteiger partial charge < -0.3 is 19.5 Å². The second-order valence-electron chi connectivity index (χ2n) is 8.11. The van der Waals surface area contributed by atoms with Crippen LogP contribution in [0.5, 0.6) is 5.75 Å². The predicted molar refractivity (Wildman–Crippen MR) is 125 cm³/mol. The molecule has 1 fully saturated rings. The molecule has 1 N–H and O–H groups in total. The first kappa shape index (κ1) is 20.3. The molecule has 1 aliphatic heterocycles. The average Bonchev–Trinajstić information content (AvgIpc) is 3.16. The largest absolute Gasteiger partial charge is 0.496 e. The van der Waals surface area contributed by atoms with Crippen LogP contribution >= 0.6 is 0 Å². The van der Waals surface area contributed by atoms with E-state index in [1.807, 2.05) is 49.4 Å². The van der Waals surface area contributed by atoms with Crippen LogP contribution in [-0.4, -0.2) is 64.8 Å². The number of rotatable bonds is 4. The van der Waals surface area contributed by atoms with Crippen LogP contribution in [0.4, 0.5) is 5.69 Å². The van der Waals surface area contributed by atoms with Crippen molar-refractivity contribution in [3.8, 4) is 28.4 Å². The third-order valence-corrected chi connectivity index (χ3v) is 6.02. The van der Waals surface area contributed by atoms with E-state index >= 15 is 0 Å². The molecule has 0 unspecified atom stereocenters. The van der Waals surface area contributed by atoms with Crippen LogP contribution in [-0.2, 0) is 0 Å². The predicted octanol–water partition coefficient (Wildman–Crippen LogP) is 2.82. The summed E-state index contributed by atoms with van der Waals surface area (Å²) in [6.07, 6.45) is 0. The number of aromatic nitrogens is 4. The monoisotopic (exact) mass is 430 g/mol. The number of likely N-dealkylation sites (N-methyl/N-ethyl adjacent to an activating group) is 1. The molecule has 8 heteroatoms. The summed E-state index contributed by atoms with van der Waals surface area (Å²) in [5.41, 5.74) is 3.55. The molecule has 2 aromatic heterocycles. The minimum absolute atomic E-state index is 0.236. The van der Waals surface area contributed by atoms with E-state index in [4.69, 9.17) is 9.84 Å². The Hall–Kier alpha value is -3.65. The summed E-state index contributed by atoms with van der Waals surface area (Å²) in [5.74, 6) is 1.77. The summed E-state index contributed by atoms with van der Waals surface area (Å²) >= 11 is 0. The van der Waals surface area contributed by atoms with Crippen molar-refractivity contribution in [3.05, 3.63) is 64.7 Å². The zero-order valence-electron chi connectivity index (χ0n) is 18.5. The van der Waals surface area contributed by atoms with E-state index in [0.717, 1.165) is 43.0 Å². The third kappa shape index (κ3) is 3.52. The van der Waals surface area contributed by atoms with Crippen molar-refractivity contribution in [2.24, 2.45) is 0 Å². The SMILES string of the molecule is COc1cc(N2CCN(C)CC2)ccc1-c1nn2c(C)nc(-c3ccccc3)c2c(=O)[nH]1. The molecule has 8 nitrogen and oxygen atoms in total. The standard InChI is InChI=1S/C24H26N6O2/c1-16-25-21(17-7-5-4-6-8-17)22-24(31)26-23(27-30(16)22)19-10-9-18(15-20(19)32-3)29-13-11-28(2)12-14-29/h4-10,15H,11-14H2,1-3H3,(H,26,27,31). The molecule has 0 radical (unpaired) electrons. The number of hydrogen-bond donors (Lipinski definition) is 1. The van der Waals surface area contributed by atoms with Crippen LogP contribution in [0.3, 0.4) is 0 Å². The van der Waals surface area contributed by atoms with Gasteiger partial charge in [-0.05, 0) is 26.1 Å². The molecule has 4 aromatic rings. The number of methoxy groups -OCH3 is 1. The van der Waals surface area contributed by atoms with E-state index < -0.39 is 0 Å². The lowest BCUT2D eigenvalue weighted by Crippen LogP contribution is -2.44. The molecule has 1 aliphatic rings. The van der Waals surface area contributed by atoms with E-state index in [0.29, 0.717) is 28.6 Å². The third-order valence-electron chi connectivity index (χ3n) is 6.02. The van der Waals surface area contributed by atoms with Crippen molar-refractivity contribution < 1.29 is 4.74 Å². The zero-order valence-corrected chi connectivity index (χ0v) is 18.5. The Morgan fingerprint density at radius 1 is 1.03 bits per heavy atom. The van der Waals surface area contributed by atoms with Gasteiger partial charge in [-0.2, -0.15) is 0 Å². The molecule has 1 saturated heterocycles. The van der Waals surface area contributed by atoms with Crippen molar-refractivity contribution in [1.29, 1.82) is 0 Å². The summed E-state index contributed by atoms with van der Waals surface area (Å²) in [6.45, 7) is 5.84. The molecule has 0 amide bonds. The van der Waals surface area contributed by atoms with Gasteiger partial charge in [0.15, 0.2) is 11.3 Å². The molecule has 164 valence electrons. The van der Waals surface area contributed by atoms with Gasteiger partial charge in [-0.3, -0.25) is 4.79 Å². The van der Waals surface area contributed by atoms with E-state index in [-0.39, 0.29) is 5.56 Å². The number of benzene rings is 2. The fourth-order valence-corrected chi connectivity index (χ4v) is 4.20. The van der Waals surface area contributed by atoms with Crippen LogP contribution in [0.1, 0.15) is 5.82 Å². The van der Waals surface area contributed by atoms with Crippen LogP contribution in [0.2, 0.25) is 0 Å². The highest BCUT2D eigenvalue weighted by Gasteiger charge is 2.20. The molecular formula is C24H26N6O2. The number of imidazole rings is 1. The zero-order chi connectivity index (χ0) is 22.2. The summed E-state index contributed by atoms with van der Waals surface area (Å²) in [5, 5.41) is 4.71. The first-order chi connectivity index (χ1) is 15.5. The number of H-pyrrole nitrogens is 1. The Morgan fingerprint density at radius 3 is 2.50 bits per heavy atom. The molecule has 5 rings (SSSR count). The number of aromatic amines is 1. The summed E-state index contributed by atoms with van der Waals surface area (Å²) in [4.78, 5) is 25.3. The average molecular weight is 431 g/mol. The molecule has 0 bridgehead atoms. The van der Waals surface area contributed by atoms with Gasteiger partial charge in [0.2, 0.25) is 0 Å². The van der Waals surface area contributed by atoms with Gasteiger partial charge >= 0.3 is 0 Å². The van der Waals surface area contributed by atoms with E-state index in [9.17, 15) is 4.79 Å². The van der Waals surface area contributed by atoms with Gasteiger partial charge in [0.1, 0.15) is 17.3 Å². The fourth-order valence-electron chi connectivity index (χ4n) is 4.20. The lowest BCUT2D eigenvalue weighted by Gasteiger charge is -2.34. The van der Waals surface area contributed by atoms with Crippen molar-refractivity contribution in [1.82, 2.24) is 24.5 Å². The van der Waals surface area contributed by atoms with Crippen LogP contribution in [0, 0.1) is 6.92 Å². The first-order valence-corrected chi connectivity index (χ1v) is 10.7. The molecular weight excluding hydrogens is 404 g/mol. The minimum Gasteiger partial charge on any atom is -0.496 e. The summed E-state index contributed by atoms with van der Waals surface area (Å²) in [6, 6.07) is 15.7. The van der Waals surface area contributed by atoms with E-state index in [1.165, 1.54) is 0 Å². The summed E-state index contributed by atoms with van der Waals surface area (Å²) < 4.78 is 7.30. The van der Waals surface area contributed by atoms with Gasteiger partial charge in [-0.1, -0.05) is 30.3 Å². The number of anilines is 1. The fraction of sp³-hybridized carbons (Fsp3) is 0.292. The van der Waals surface area contributed by atoms with E-state index in [2.05, 4.69) is 32.9 Å². The second-order valence-corrected chi connectivity index (χ2v) is 8.11. The first-order valence-electron chi connectivity index (χ1n) is 10.7. The number of hydrogen-bond acceptors (Lipinski definition) is 6. The molecule has 0 aliphatic carbocycles. The Bertz CT molecular complexity index is 1320. The Kier molecular flexibility index (Phi) is 5.14. The van der Waals surface area contributed by atoms with Crippen LogP contribution in [0.15, 0.2) is 53.3 Å². The maximum atomic E-state index is 13.1. The number of nitrogens with zero attached hydrogens (tertiary/aromatic N) is 5. The molecule has 2 aromatic carbocycles. The quantitative estimate of drug-likeness (QED) is 0.536. The summed E-state index contributed by atoms with van der Waals surface area (Å²) in [7, 11) is 3.78. The van der Waals surface area contributed by atoms with E-state index in [1.54, 1.807) is 11.6 Å². The molecule has 3 heterocycles. The van der Waals surface area contributed by atoms with Crippen LogP contribution < -0.4 is 15.2 Å². The van der Waals surface area contributed by atoms with Gasteiger partial charge in [-0.15, -0.1) is 5.10 Å². The highest BCUT2D eigenvalue weighted by atomic mass is 16.5. The van der Waals surface area contributed by atoms with Gasteiger partial charge in [0.05, 0.1) is 12.7 Å². The Balaban J connectivity index is 1.58. The van der Waals surface area contributed by atoms with Crippen LogP contribution in [0.25, 0.3) is 28.2 Å². The Labute approximate surface area is 186 Å². The topological polar surface area (TPSA) is 78.8 Å². The number of aryl methyl sites for hydroxylation is 1. The highest BCUT2D eigenvalue weighted by molar-refractivity contribution is 5.77. The number of ether oxygens (including phenoxy) is 1. The minimum atomic E-state index is -0.236. The lowest BCUT2D eigenvalue weighted by molar-refractivity contribution is 0.312. The van der Waals surface area contributed by atoms with Gasteiger partial charge in [0.25, 0.3) is 5.56 Å². The van der Waals surface area contributed by atoms with Gasteiger partial charge in [0, 0.05) is 43.5 Å². The number of fused-ring (bicyclic) bond motifs is 1. The normalized spacial score (nSPS) is 14.8. The second kappa shape index (κ2) is 8.12. The van der Waals surface area contributed by atoms with Crippen molar-refractivity contribution in [2.75, 3.05) is 45.2 Å². The lowest BCUT2D eigenvalue weighted by atomic mass is 10.1. The van der Waals surface area contributed by atoms with Crippen molar-refractivity contribution >= 4 is 11.2 Å². The molecule has 32 heavy (non-hydrogen) atoms. The van der Waals surface area contributed by atoms with Crippen molar-refractivity contribution in [2.45, 2.75) is 6.92 Å². The molecule has 0 saturated carbocycles. The molecule has 0 atom stereocenters. The Morgan fingerprint density at radius 2 is 1.78 bits per heavy atom. The van der Waals surface area contributed by atoms with Crippen molar-refractivity contribution in [3.63, 3.8) is 0 Å². The number of nitrogens with one attached hydrogen (secondary N) is 1. The number of piperazine rings is 1. The smallest absolute Gasteiger partial charge is 0.277 e. The highest BCUT2D eigenvalue weighted by Crippen LogP contribution is 2.32. The van der Waals surface area contributed by atoms with Gasteiger partial charge in [-0.25, -0.2) is 9.50 Å². The maximum absolute atomic E-state index is 13.1.